The van der Waals surface area contributed by atoms with Gasteiger partial charge >= 0.3 is 0 Å². The van der Waals surface area contributed by atoms with Gasteiger partial charge in [0.1, 0.15) is 0 Å². The summed E-state index contributed by atoms with van der Waals surface area (Å²) >= 11 is 1.99. The molecule has 78 valence electrons. The van der Waals surface area contributed by atoms with Gasteiger partial charge in [0, 0.05) is 15.8 Å². The van der Waals surface area contributed by atoms with Crippen LogP contribution in [0, 0.1) is 0 Å². The molecule has 1 saturated heterocycles. The van der Waals surface area contributed by atoms with Crippen LogP contribution in [0.25, 0.3) is 0 Å². The molecule has 14 heavy (non-hydrogen) atoms. The quantitative estimate of drug-likeness (QED) is 0.807. The van der Waals surface area contributed by atoms with Gasteiger partial charge in [0.25, 0.3) is 0 Å². The molecular weight excluding hydrogens is 190 g/mol. The molecule has 0 aromatic carbocycles. The lowest BCUT2D eigenvalue weighted by molar-refractivity contribution is 0.401. The van der Waals surface area contributed by atoms with Crippen molar-refractivity contribution in [3.05, 3.63) is 21.9 Å². The SMILES string of the molecule is CCc1ccc(CC2CCCCN2)s1. The number of piperidine rings is 1. The van der Waals surface area contributed by atoms with E-state index in [4.69, 9.17) is 0 Å². The molecule has 0 amide bonds. The monoisotopic (exact) mass is 209 g/mol. The largest absolute Gasteiger partial charge is 0.314 e. The van der Waals surface area contributed by atoms with Gasteiger partial charge in [-0.2, -0.15) is 0 Å². The van der Waals surface area contributed by atoms with Crippen molar-refractivity contribution >= 4 is 11.3 Å². The molecule has 1 atom stereocenters. The van der Waals surface area contributed by atoms with Crippen molar-refractivity contribution in [1.82, 2.24) is 5.32 Å². The maximum Gasteiger partial charge on any atom is 0.0115 e. The van der Waals surface area contributed by atoms with Crippen molar-refractivity contribution in [1.29, 1.82) is 0 Å². The molecule has 0 spiro atoms. The highest BCUT2D eigenvalue weighted by Gasteiger charge is 2.13. The minimum atomic E-state index is 0.743. The first kappa shape index (κ1) is 10.2. The van der Waals surface area contributed by atoms with Crippen LogP contribution in [-0.2, 0) is 12.8 Å². The Morgan fingerprint density at radius 2 is 2.21 bits per heavy atom. The summed E-state index contributed by atoms with van der Waals surface area (Å²) in [4.78, 5) is 3.08. The molecule has 0 radical (unpaired) electrons. The number of thiophene rings is 1. The van der Waals surface area contributed by atoms with Gasteiger partial charge < -0.3 is 5.32 Å². The molecular formula is C12H19NS. The van der Waals surface area contributed by atoms with E-state index in [1.165, 1.54) is 43.5 Å². The summed E-state index contributed by atoms with van der Waals surface area (Å²) in [5, 5.41) is 3.60. The maximum absolute atomic E-state index is 3.60. The third kappa shape index (κ3) is 2.58. The van der Waals surface area contributed by atoms with E-state index in [0.29, 0.717) is 0 Å². The fourth-order valence-corrected chi connectivity index (χ4v) is 3.10. The van der Waals surface area contributed by atoms with E-state index in [1.807, 2.05) is 11.3 Å². The van der Waals surface area contributed by atoms with Gasteiger partial charge in [-0.05, 0) is 44.4 Å². The fraction of sp³-hybridized carbons (Fsp3) is 0.667. The summed E-state index contributed by atoms with van der Waals surface area (Å²) in [6.07, 6.45) is 6.55. The Morgan fingerprint density at radius 1 is 1.36 bits per heavy atom. The molecule has 1 unspecified atom stereocenters. The van der Waals surface area contributed by atoms with Gasteiger partial charge in [-0.3, -0.25) is 0 Å². The summed E-state index contributed by atoms with van der Waals surface area (Å²) in [5.74, 6) is 0. The molecule has 0 aliphatic carbocycles. The highest BCUT2D eigenvalue weighted by Crippen LogP contribution is 2.20. The number of rotatable bonds is 3. The predicted molar refractivity (Wildman–Crippen MR) is 63.0 cm³/mol. The first-order chi connectivity index (χ1) is 6.88. The number of nitrogens with one attached hydrogen (secondary N) is 1. The van der Waals surface area contributed by atoms with E-state index in [1.54, 1.807) is 4.88 Å². The van der Waals surface area contributed by atoms with Gasteiger partial charge in [0.15, 0.2) is 0 Å². The average molecular weight is 209 g/mol. The molecule has 0 saturated carbocycles. The Kier molecular flexibility index (Phi) is 3.60. The highest BCUT2D eigenvalue weighted by atomic mass is 32.1. The Balaban J connectivity index is 1.89. The van der Waals surface area contributed by atoms with Crippen LogP contribution in [0.3, 0.4) is 0 Å². The zero-order chi connectivity index (χ0) is 9.80. The van der Waals surface area contributed by atoms with Gasteiger partial charge in [-0.25, -0.2) is 0 Å². The summed E-state index contributed by atoms with van der Waals surface area (Å²) < 4.78 is 0. The molecule has 1 aromatic rings. The minimum Gasteiger partial charge on any atom is -0.314 e. The average Bonchev–Trinajstić information content (AvgIpc) is 2.67. The van der Waals surface area contributed by atoms with Crippen molar-refractivity contribution in [3.63, 3.8) is 0 Å². The molecule has 2 heteroatoms. The summed E-state index contributed by atoms with van der Waals surface area (Å²) in [7, 11) is 0. The zero-order valence-electron chi connectivity index (χ0n) is 8.88. The van der Waals surface area contributed by atoms with Crippen LogP contribution in [0.4, 0.5) is 0 Å². The van der Waals surface area contributed by atoms with Gasteiger partial charge in [-0.1, -0.05) is 13.3 Å². The van der Waals surface area contributed by atoms with Crippen LogP contribution < -0.4 is 5.32 Å². The number of aryl methyl sites for hydroxylation is 1. The van der Waals surface area contributed by atoms with Crippen LogP contribution in [-0.4, -0.2) is 12.6 Å². The van der Waals surface area contributed by atoms with Crippen LogP contribution >= 0.6 is 11.3 Å². The van der Waals surface area contributed by atoms with Crippen LogP contribution in [0.1, 0.15) is 35.9 Å². The van der Waals surface area contributed by atoms with E-state index in [-0.39, 0.29) is 0 Å². The third-order valence-corrected chi connectivity index (χ3v) is 4.18. The zero-order valence-corrected chi connectivity index (χ0v) is 9.70. The molecule has 1 aromatic heterocycles. The van der Waals surface area contributed by atoms with E-state index < -0.39 is 0 Å². The van der Waals surface area contributed by atoms with Crippen molar-refractivity contribution < 1.29 is 0 Å². The van der Waals surface area contributed by atoms with Crippen LogP contribution in [0.15, 0.2) is 12.1 Å². The second-order valence-corrected chi connectivity index (χ2v) is 5.33. The van der Waals surface area contributed by atoms with Crippen molar-refractivity contribution in [2.45, 2.75) is 45.1 Å². The highest BCUT2D eigenvalue weighted by molar-refractivity contribution is 7.11. The van der Waals surface area contributed by atoms with E-state index in [0.717, 1.165) is 6.04 Å². The topological polar surface area (TPSA) is 12.0 Å². The lowest BCUT2D eigenvalue weighted by Gasteiger charge is -2.22. The molecule has 2 rings (SSSR count). The molecule has 1 N–H and O–H groups in total. The fourth-order valence-electron chi connectivity index (χ4n) is 2.06. The van der Waals surface area contributed by atoms with E-state index in [9.17, 15) is 0 Å². The first-order valence-electron chi connectivity index (χ1n) is 5.69. The lowest BCUT2D eigenvalue weighted by Crippen LogP contribution is -2.35. The van der Waals surface area contributed by atoms with Crippen molar-refractivity contribution in [3.8, 4) is 0 Å². The van der Waals surface area contributed by atoms with Crippen LogP contribution in [0.2, 0.25) is 0 Å². The molecule has 1 fully saturated rings. The molecule has 0 bridgehead atoms. The summed E-state index contributed by atoms with van der Waals surface area (Å²) in [6, 6.07) is 5.33. The second kappa shape index (κ2) is 4.94. The Bertz CT molecular complexity index is 274. The number of hydrogen-bond donors (Lipinski definition) is 1. The molecule has 1 aliphatic rings. The molecule has 1 nitrogen and oxygen atoms in total. The smallest absolute Gasteiger partial charge is 0.0115 e. The Morgan fingerprint density at radius 3 is 2.86 bits per heavy atom. The summed E-state index contributed by atoms with van der Waals surface area (Å²) in [5.41, 5.74) is 0. The molecule has 1 aliphatic heterocycles. The maximum atomic E-state index is 3.60. The normalized spacial score (nSPS) is 22.5. The van der Waals surface area contributed by atoms with Crippen molar-refractivity contribution in [2.24, 2.45) is 0 Å². The summed E-state index contributed by atoms with van der Waals surface area (Å²) in [6.45, 7) is 3.45. The Hall–Kier alpha value is -0.340. The minimum absolute atomic E-state index is 0.743. The third-order valence-electron chi connectivity index (χ3n) is 2.93. The second-order valence-electron chi connectivity index (χ2n) is 4.07. The van der Waals surface area contributed by atoms with Gasteiger partial charge in [0.2, 0.25) is 0 Å². The van der Waals surface area contributed by atoms with Gasteiger partial charge in [0.05, 0.1) is 0 Å². The molecule has 2 heterocycles. The van der Waals surface area contributed by atoms with E-state index in [2.05, 4.69) is 24.4 Å². The van der Waals surface area contributed by atoms with Crippen molar-refractivity contribution in [2.75, 3.05) is 6.54 Å². The standard InChI is InChI=1S/C12H19NS/c1-2-11-6-7-12(14-11)9-10-5-3-4-8-13-10/h6-7,10,13H,2-5,8-9H2,1H3. The Labute approximate surface area is 90.5 Å². The lowest BCUT2D eigenvalue weighted by atomic mass is 10.0. The van der Waals surface area contributed by atoms with Gasteiger partial charge in [-0.15, -0.1) is 11.3 Å². The van der Waals surface area contributed by atoms with E-state index >= 15 is 0 Å². The van der Waals surface area contributed by atoms with Crippen LogP contribution in [0.5, 0.6) is 0 Å². The number of hydrogen-bond acceptors (Lipinski definition) is 2. The predicted octanol–water partition coefficient (Wildman–Crippen LogP) is 3.00. The first-order valence-corrected chi connectivity index (χ1v) is 6.51.